The van der Waals surface area contributed by atoms with E-state index < -0.39 is 22.8 Å². The number of aromatic nitrogens is 2. The molecule has 10 nitrogen and oxygen atoms in total. The molecule has 12 heteroatoms. The molecule has 0 saturated heterocycles. The van der Waals surface area contributed by atoms with Gasteiger partial charge in [-0.2, -0.15) is 4.39 Å². The quantitative estimate of drug-likeness (QED) is 0.260. The van der Waals surface area contributed by atoms with Gasteiger partial charge >= 0.3 is 0 Å². The lowest BCUT2D eigenvalue weighted by molar-refractivity contribution is 0.0538. The molecule has 1 aliphatic rings. The number of hydrogen-bond donors (Lipinski definition) is 3. The first-order chi connectivity index (χ1) is 17.3. The zero-order valence-electron chi connectivity index (χ0n) is 20.1. The molecule has 2 aromatic heterocycles. The van der Waals surface area contributed by atoms with Gasteiger partial charge in [-0.15, -0.1) is 0 Å². The number of carbonyl (C=O) groups is 1. The average molecular weight is 515 g/mol. The minimum atomic E-state index is -1.32. The molecule has 3 N–H and O–H groups in total. The number of pyridine rings is 2. The number of halogens is 1. The van der Waals surface area contributed by atoms with Crippen molar-refractivity contribution >= 4 is 45.6 Å². The summed E-state index contributed by atoms with van der Waals surface area (Å²) in [5.74, 6) is 0.650. The fraction of sp³-hybridized carbons (Fsp3) is 0.292. The Bertz CT molecular complexity index is 1270. The van der Waals surface area contributed by atoms with Crippen LogP contribution in [0.25, 0.3) is 0 Å². The van der Waals surface area contributed by atoms with E-state index >= 15 is 0 Å². The number of anilines is 5. The summed E-state index contributed by atoms with van der Waals surface area (Å²) < 4.78 is 33.3. The van der Waals surface area contributed by atoms with Crippen LogP contribution in [0.15, 0.2) is 48.7 Å². The molecule has 190 valence electrons. The predicted octanol–water partition coefficient (Wildman–Crippen LogP) is 3.91. The average Bonchev–Trinajstić information content (AvgIpc) is 3.68. The standard InChI is InChI=1S/C24H27FN6O4S/c1-31(36(3)33)20-11-16(35-14-15-7-8-15)9-10-18(20)27-19-12-23(26-13-17(19)24(32)30-34-2)29-22-6-4-5-21(25)28-22/h4-6,9-13,15H,7-8,14H2,1-3H3,(H,30,32)(H2,26,27,28,29). The fourth-order valence-electron chi connectivity index (χ4n) is 3.31. The minimum Gasteiger partial charge on any atom is -0.493 e. The molecule has 0 aliphatic heterocycles. The van der Waals surface area contributed by atoms with Gasteiger partial charge in [0.15, 0.2) is 0 Å². The fourth-order valence-corrected chi connectivity index (χ4v) is 3.74. The Kier molecular flexibility index (Phi) is 7.96. The molecular weight excluding hydrogens is 487 g/mol. The Morgan fingerprint density at radius 2 is 1.97 bits per heavy atom. The van der Waals surface area contributed by atoms with E-state index in [4.69, 9.17) is 9.57 Å². The van der Waals surface area contributed by atoms with Gasteiger partial charge in [0.05, 0.1) is 36.3 Å². The second kappa shape index (κ2) is 11.3. The van der Waals surface area contributed by atoms with Gasteiger partial charge in [0.2, 0.25) is 5.95 Å². The summed E-state index contributed by atoms with van der Waals surface area (Å²) >= 11 is 0. The van der Waals surface area contributed by atoms with E-state index in [-0.39, 0.29) is 11.4 Å². The monoisotopic (exact) mass is 514 g/mol. The zero-order valence-corrected chi connectivity index (χ0v) is 20.9. The third kappa shape index (κ3) is 6.46. The van der Waals surface area contributed by atoms with Crippen LogP contribution in [0.1, 0.15) is 23.2 Å². The molecule has 36 heavy (non-hydrogen) atoms. The van der Waals surface area contributed by atoms with E-state index in [1.54, 1.807) is 41.9 Å². The van der Waals surface area contributed by atoms with Crippen LogP contribution in [0.5, 0.6) is 5.75 Å². The van der Waals surface area contributed by atoms with Crippen molar-refractivity contribution in [2.75, 3.05) is 42.0 Å². The Balaban J connectivity index is 1.68. The number of benzene rings is 1. The van der Waals surface area contributed by atoms with Crippen molar-refractivity contribution in [2.45, 2.75) is 12.8 Å². The zero-order chi connectivity index (χ0) is 25.7. The summed E-state index contributed by atoms with van der Waals surface area (Å²) in [7, 11) is 1.71. The van der Waals surface area contributed by atoms with Crippen LogP contribution in [0.3, 0.4) is 0 Å². The van der Waals surface area contributed by atoms with E-state index in [0.717, 1.165) is 0 Å². The summed E-state index contributed by atoms with van der Waals surface area (Å²) in [6.07, 6.45) is 5.26. The van der Waals surface area contributed by atoms with Crippen molar-refractivity contribution in [3.63, 3.8) is 0 Å². The van der Waals surface area contributed by atoms with E-state index in [1.807, 2.05) is 6.07 Å². The highest BCUT2D eigenvalue weighted by molar-refractivity contribution is 7.85. The molecule has 1 aromatic carbocycles. The second-order valence-corrected chi connectivity index (χ2v) is 9.60. The smallest absolute Gasteiger partial charge is 0.278 e. The van der Waals surface area contributed by atoms with Crippen LogP contribution in [0, 0.1) is 11.9 Å². The molecule has 1 unspecified atom stereocenters. The molecule has 2 heterocycles. The Morgan fingerprint density at radius 3 is 2.67 bits per heavy atom. The van der Waals surface area contributed by atoms with Crippen molar-refractivity contribution in [3.8, 4) is 5.75 Å². The molecule has 3 aromatic rings. The van der Waals surface area contributed by atoms with E-state index in [9.17, 15) is 13.4 Å². The van der Waals surface area contributed by atoms with Crippen molar-refractivity contribution in [2.24, 2.45) is 5.92 Å². The van der Waals surface area contributed by atoms with Gasteiger partial charge in [-0.25, -0.2) is 19.7 Å². The van der Waals surface area contributed by atoms with Crippen LogP contribution >= 0.6 is 0 Å². The topological polar surface area (TPSA) is 118 Å². The molecule has 0 bridgehead atoms. The van der Waals surface area contributed by atoms with Crippen LogP contribution in [-0.2, 0) is 15.8 Å². The van der Waals surface area contributed by atoms with Gasteiger partial charge in [0, 0.05) is 31.6 Å². The maximum atomic E-state index is 13.5. The highest BCUT2D eigenvalue weighted by atomic mass is 32.2. The minimum absolute atomic E-state index is 0.190. The molecule has 1 saturated carbocycles. The third-order valence-electron chi connectivity index (χ3n) is 5.46. The summed E-state index contributed by atoms with van der Waals surface area (Å²) in [4.78, 5) is 25.4. The van der Waals surface area contributed by atoms with E-state index in [2.05, 4.69) is 26.1 Å². The van der Waals surface area contributed by atoms with Crippen LogP contribution in [0.4, 0.5) is 33.1 Å². The maximum Gasteiger partial charge on any atom is 0.278 e. The largest absolute Gasteiger partial charge is 0.493 e. The summed E-state index contributed by atoms with van der Waals surface area (Å²) in [5, 5.41) is 6.16. The van der Waals surface area contributed by atoms with Gasteiger partial charge in [0.25, 0.3) is 5.91 Å². The lowest BCUT2D eigenvalue weighted by atomic mass is 10.2. The number of ether oxygens (including phenoxy) is 1. The van der Waals surface area contributed by atoms with Gasteiger partial charge in [-0.1, -0.05) is 6.07 Å². The highest BCUT2D eigenvalue weighted by Crippen LogP contribution is 2.36. The number of hydroxylamine groups is 1. The Hall–Kier alpha value is -3.77. The lowest BCUT2D eigenvalue weighted by Gasteiger charge is -2.22. The predicted molar refractivity (Wildman–Crippen MR) is 137 cm³/mol. The van der Waals surface area contributed by atoms with Crippen molar-refractivity contribution < 1.29 is 23.0 Å². The molecule has 4 rings (SSSR count). The highest BCUT2D eigenvalue weighted by Gasteiger charge is 2.23. The molecule has 1 amide bonds. The molecule has 0 radical (unpaired) electrons. The van der Waals surface area contributed by atoms with Crippen LogP contribution in [-0.4, -0.2) is 47.1 Å². The molecule has 1 atom stereocenters. The second-order valence-electron chi connectivity index (χ2n) is 8.20. The number of nitrogens with one attached hydrogen (secondary N) is 3. The van der Waals surface area contributed by atoms with Crippen LogP contribution < -0.4 is 25.2 Å². The first kappa shape index (κ1) is 25.3. The lowest BCUT2D eigenvalue weighted by Crippen LogP contribution is -2.23. The maximum absolute atomic E-state index is 13.5. The van der Waals surface area contributed by atoms with Crippen molar-refractivity contribution in [3.05, 3.63) is 60.2 Å². The van der Waals surface area contributed by atoms with Gasteiger partial charge in [-0.05, 0) is 43.0 Å². The van der Waals surface area contributed by atoms with E-state index in [0.29, 0.717) is 41.2 Å². The summed E-state index contributed by atoms with van der Waals surface area (Å²) in [5.41, 5.74) is 4.04. The number of nitrogens with zero attached hydrogens (tertiary/aromatic N) is 3. The SMILES string of the molecule is CONC(=O)c1cnc(Nc2cccc(F)n2)cc1Nc1ccc(OCC2CC2)cc1N(C)S(C)=O. The normalized spacial score (nSPS) is 13.6. The van der Waals surface area contributed by atoms with Crippen molar-refractivity contribution in [1.82, 2.24) is 15.4 Å². The number of rotatable bonds is 11. The molecule has 0 spiro atoms. The Labute approximate surface area is 210 Å². The molecule has 1 aliphatic carbocycles. The molecular formula is C24H27FN6O4S. The van der Waals surface area contributed by atoms with Crippen molar-refractivity contribution in [1.29, 1.82) is 0 Å². The van der Waals surface area contributed by atoms with Gasteiger partial charge in [-0.3, -0.25) is 13.9 Å². The number of amides is 1. The van der Waals surface area contributed by atoms with E-state index in [1.165, 1.54) is 38.3 Å². The Morgan fingerprint density at radius 1 is 1.17 bits per heavy atom. The van der Waals surface area contributed by atoms with Gasteiger partial charge < -0.3 is 15.4 Å². The first-order valence-corrected chi connectivity index (χ1v) is 12.7. The molecule has 1 fully saturated rings. The third-order valence-corrected chi connectivity index (χ3v) is 6.43. The number of hydrogen-bond acceptors (Lipinski definition) is 8. The number of carbonyl (C=O) groups excluding carboxylic acids is 1. The summed E-state index contributed by atoms with van der Waals surface area (Å²) in [6, 6.07) is 11.3. The van der Waals surface area contributed by atoms with Gasteiger partial charge in [0.1, 0.15) is 28.4 Å². The summed E-state index contributed by atoms with van der Waals surface area (Å²) in [6.45, 7) is 0.639. The van der Waals surface area contributed by atoms with Crippen LogP contribution in [0.2, 0.25) is 0 Å². The first-order valence-electron chi connectivity index (χ1n) is 11.2.